The van der Waals surface area contributed by atoms with E-state index in [1.54, 1.807) is 10.3 Å². The highest BCUT2D eigenvalue weighted by Crippen LogP contribution is 2.32. The van der Waals surface area contributed by atoms with Gasteiger partial charge in [0.05, 0.1) is 10.7 Å². The topological polar surface area (TPSA) is 80.8 Å². The second-order valence-electron chi connectivity index (χ2n) is 8.76. The summed E-state index contributed by atoms with van der Waals surface area (Å²) in [5.74, 6) is -0.477. The van der Waals surface area contributed by atoms with E-state index in [0.717, 1.165) is 22.2 Å². The molecule has 0 atom stereocenters. The van der Waals surface area contributed by atoms with Crippen LogP contribution in [-0.2, 0) is 4.79 Å². The van der Waals surface area contributed by atoms with Gasteiger partial charge in [-0.2, -0.15) is 0 Å². The quantitative estimate of drug-likeness (QED) is 0.422. The van der Waals surface area contributed by atoms with Crippen molar-refractivity contribution < 1.29 is 32.2 Å². The van der Waals surface area contributed by atoms with E-state index in [0.29, 0.717) is 31.7 Å². The summed E-state index contributed by atoms with van der Waals surface area (Å²) in [6.07, 6.45) is -3.50. The number of rotatable bonds is 7. The molecule has 1 aliphatic rings. The van der Waals surface area contributed by atoms with Gasteiger partial charge in [0.25, 0.3) is 11.8 Å². The summed E-state index contributed by atoms with van der Waals surface area (Å²) in [5.41, 5.74) is 2.27. The first-order chi connectivity index (χ1) is 17.6. The predicted molar refractivity (Wildman–Crippen MR) is 133 cm³/mol. The van der Waals surface area contributed by atoms with E-state index in [2.05, 4.69) is 15.0 Å². The van der Waals surface area contributed by atoms with Gasteiger partial charge in [-0.15, -0.1) is 24.5 Å². The number of hydrogen-bond donors (Lipinski definition) is 1. The van der Waals surface area contributed by atoms with Crippen molar-refractivity contribution >= 4 is 28.8 Å². The van der Waals surface area contributed by atoms with Crippen molar-refractivity contribution in [2.75, 3.05) is 25.0 Å². The first-order valence-electron chi connectivity index (χ1n) is 11.7. The minimum atomic E-state index is -4.88. The molecule has 0 spiro atoms. The minimum Gasteiger partial charge on any atom is -0.484 e. The fourth-order valence-electron chi connectivity index (χ4n) is 3.97. The molecule has 7 nitrogen and oxygen atoms in total. The number of likely N-dealkylation sites (tertiary alicyclic amines) is 1. The molecule has 37 heavy (non-hydrogen) atoms. The maximum Gasteiger partial charge on any atom is 0.573 e. The Labute approximate surface area is 216 Å². The zero-order valence-corrected chi connectivity index (χ0v) is 21.1. The lowest BCUT2D eigenvalue weighted by Crippen LogP contribution is -2.40. The van der Waals surface area contributed by atoms with Gasteiger partial charge in [0, 0.05) is 24.4 Å². The number of thiazole rings is 1. The van der Waals surface area contributed by atoms with Crippen LogP contribution >= 0.6 is 11.3 Å². The smallest absolute Gasteiger partial charge is 0.484 e. The van der Waals surface area contributed by atoms with Crippen LogP contribution in [0, 0.1) is 13.8 Å². The number of alkyl halides is 3. The summed E-state index contributed by atoms with van der Waals surface area (Å²) < 4.78 is 47.6. The number of hydrogen-bond acceptors (Lipinski definition) is 6. The van der Waals surface area contributed by atoms with Crippen molar-refractivity contribution in [2.45, 2.75) is 39.0 Å². The summed E-state index contributed by atoms with van der Waals surface area (Å²) in [5, 5.41) is 4.76. The maximum atomic E-state index is 12.6. The van der Waals surface area contributed by atoms with Crippen LogP contribution in [0.1, 0.15) is 45.4 Å². The molecular formula is C26H26F3N3O4S. The Morgan fingerprint density at radius 1 is 1.11 bits per heavy atom. The predicted octanol–water partition coefficient (Wildman–Crippen LogP) is 5.70. The van der Waals surface area contributed by atoms with Crippen LogP contribution in [0.3, 0.4) is 0 Å². The minimum absolute atomic E-state index is 0.0335. The fraction of sp³-hybridized carbons (Fsp3) is 0.346. The Hall–Kier alpha value is -3.60. The number of carbonyl (C=O) groups excluding carboxylic acids is 2. The van der Waals surface area contributed by atoms with Crippen LogP contribution in [0.4, 0.5) is 18.9 Å². The van der Waals surface area contributed by atoms with Crippen LogP contribution in [0.2, 0.25) is 0 Å². The molecule has 0 aliphatic carbocycles. The van der Waals surface area contributed by atoms with Gasteiger partial charge in [-0.3, -0.25) is 9.59 Å². The molecule has 1 N–H and O–H groups in total. The van der Waals surface area contributed by atoms with Crippen molar-refractivity contribution in [3.05, 3.63) is 69.7 Å². The number of nitrogens with zero attached hydrogens (tertiary/aromatic N) is 2. The number of carbonyl (C=O) groups is 2. The first kappa shape index (κ1) is 26.5. The van der Waals surface area contributed by atoms with E-state index < -0.39 is 18.0 Å². The highest BCUT2D eigenvalue weighted by molar-refractivity contribution is 7.10. The van der Waals surface area contributed by atoms with Crippen molar-refractivity contribution in [2.24, 2.45) is 0 Å². The van der Waals surface area contributed by atoms with E-state index in [9.17, 15) is 22.8 Å². The second-order valence-corrected chi connectivity index (χ2v) is 9.65. The van der Waals surface area contributed by atoms with Crippen LogP contribution in [0.15, 0.2) is 47.8 Å². The molecule has 196 valence electrons. The van der Waals surface area contributed by atoms with Crippen LogP contribution in [0.5, 0.6) is 11.5 Å². The molecule has 0 unspecified atom stereocenters. The average molecular weight is 534 g/mol. The molecule has 2 aromatic carbocycles. The van der Waals surface area contributed by atoms with Crippen LogP contribution in [0.25, 0.3) is 0 Å². The number of nitrogens with one attached hydrogen (secondary N) is 1. The monoisotopic (exact) mass is 533 g/mol. The van der Waals surface area contributed by atoms with Gasteiger partial charge < -0.3 is 19.7 Å². The zero-order chi connectivity index (χ0) is 26.6. The number of piperidine rings is 1. The molecule has 2 amide bonds. The van der Waals surface area contributed by atoms with Gasteiger partial charge >= 0.3 is 6.36 Å². The molecule has 2 heterocycles. The lowest BCUT2D eigenvalue weighted by Gasteiger charge is -2.31. The number of anilines is 1. The average Bonchev–Trinajstić information content (AvgIpc) is 3.36. The number of halogens is 3. The molecule has 0 radical (unpaired) electrons. The normalized spacial score (nSPS) is 14.4. The molecule has 1 saturated heterocycles. The summed E-state index contributed by atoms with van der Waals surface area (Å²) in [7, 11) is 0. The Bertz CT molecular complexity index is 1270. The van der Waals surface area contributed by atoms with Crippen LogP contribution < -0.4 is 14.8 Å². The molecule has 0 bridgehead atoms. The third kappa shape index (κ3) is 7.00. The highest BCUT2D eigenvalue weighted by atomic mass is 32.1. The van der Waals surface area contributed by atoms with E-state index >= 15 is 0 Å². The molecule has 11 heteroatoms. The molecule has 1 fully saturated rings. The number of para-hydroxylation sites is 2. The standard InChI is InChI=1S/C26H26F3N3O4S/c1-16-7-8-19(13-17(16)2)35-14-23(33)32-11-9-18(10-12-32)25-31-21(15-37-25)24(34)30-20-5-3-4-6-22(20)36-26(27,28)29/h3-8,13,15,18H,9-12,14H2,1-2H3,(H,30,34). The summed E-state index contributed by atoms with van der Waals surface area (Å²) >= 11 is 1.32. The van der Waals surface area contributed by atoms with E-state index in [1.165, 1.54) is 29.5 Å². The van der Waals surface area contributed by atoms with E-state index in [1.807, 2.05) is 32.0 Å². The Morgan fingerprint density at radius 3 is 2.54 bits per heavy atom. The summed E-state index contributed by atoms with van der Waals surface area (Å²) in [4.78, 5) is 31.4. The van der Waals surface area contributed by atoms with Crippen molar-refractivity contribution in [1.29, 1.82) is 0 Å². The molecule has 1 aromatic heterocycles. The third-order valence-electron chi connectivity index (χ3n) is 6.15. The SMILES string of the molecule is Cc1ccc(OCC(=O)N2CCC(c3nc(C(=O)Nc4ccccc4OC(F)(F)F)cs3)CC2)cc1C. The Balaban J connectivity index is 1.29. The highest BCUT2D eigenvalue weighted by Gasteiger charge is 2.32. The number of amides is 2. The van der Waals surface area contributed by atoms with Crippen LogP contribution in [-0.4, -0.2) is 47.8 Å². The van der Waals surface area contributed by atoms with Crippen molar-refractivity contribution in [3.8, 4) is 11.5 Å². The van der Waals surface area contributed by atoms with Gasteiger partial charge in [0.15, 0.2) is 12.4 Å². The van der Waals surface area contributed by atoms with Crippen molar-refractivity contribution in [1.82, 2.24) is 9.88 Å². The molecule has 0 saturated carbocycles. The van der Waals surface area contributed by atoms with E-state index in [4.69, 9.17) is 4.74 Å². The number of aryl methyl sites for hydroxylation is 2. The van der Waals surface area contributed by atoms with Gasteiger partial charge in [-0.05, 0) is 62.1 Å². The van der Waals surface area contributed by atoms with Crippen molar-refractivity contribution in [3.63, 3.8) is 0 Å². The number of ether oxygens (including phenoxy) is 2. The Kier molecular flexibility index (Phi) is 8.01. The summed E-state index contributed by atoms with van der Waals surface area (Å²) in [6.45, 7) is 5.06. The van der Waals surface area contributed by atoms with E-state index in [-0.39, 0.29) is 29.8 Å². The number of benzene rings is 2. The lowest BCUT2D eigenvalue weighted by atomic mass is 9.97. The lowest BCUT2D eigenvalue weighted by molar-refractivity contribution is -0.274. The fourth-order valence-corrected chi connectivity index (χ4v) is 4.94. The molecule has 4 rings (SSSR count). The van der Waals surface area contributed by atoms with Gasteiger partial charge in [-0.1, -0.05) is 18.2 Å². The summed E-state index contributed by atoms with van der Waals surface area (Å²) in [6, 6.07) is 11.0. The molecular weight excluding hydrogens is 507 g/mol. The van der Waals surface area contributed by atoms with Gasteiger partial charge in [-0.25, -0.2) is 4.98 Å². The third-order valence-corrected chi connectivity index (χ3v) is 7.16. The molecule has 1 aliphatic heterocycles. The zero-order valence-electron chi connectivity index (χ0n) is 20.3. The second kappa shape index (κ2) is 11.2. The molecule has 3 aromatic rings. The maximum absolute atomic E-state index is 12.6. The Morgan fingerprint density at radius 2 is 1.84 bits per heavy atom. The number of aromatic nitrogens is 1. The van der Waals surface area contributed by atoms with Gasteiger partial charge in [0.1, 0.15) is 11.4 Å². The van der Waals surface area contributed by atoms with Gasteiger partial charge in [0.2, 0.25) is 0 Å². The largest absolute Gasteiger partial charge is 0.573 e. The first-order valence-corrected chi connectivity index (χ1v) is 12.6.